The number of benzene rings is 1. The lowest BCUT2D eigenvalue weighted by Gasteiger charge is -2.38. The number of hydrogen-bond acceptors (Lipinski definition) is 5. The van der Waals surface area contributed by atoms with E-state index in [-0.39, 0.29) is 17.7 Å². The molecule has 3 aromatic rings. The first kappa shape index (κ1) is 22.0. The summed E-state index contributed by atoms with van der Waals surface area (Å²) in [5.41, 5.74) is 1.51. The van der Waals surface area contributed by atoms with Gasteiger partial charge in [0.05, 0.1) is 30.3 Å². The molecule has 8 nitrogen and oxygen atoms in total. The third kappa shape index (κ3) is 4.96. The van der Waals surface area contributed by atoms with Crippen molar-refractivity contribution in [1.29, 1.82) is 0 Å². The highest BCUT2D eigenvalue weighted by Crippen LogP contribution is 2.27. The summed E-state index contributed by atoms with van der Waals surface area (Å²) in [5.74, 6) is -0.102. The van der Waals surface area contributed by atoms with Gasteiger partial charge in [0.15, 0.2) is 0 Å². The van der Waals surface area contributed by atoms with Crippen molar-refractivity contribution in [3.8, 4) is 0 Å². The minimum Gasteiger partial charge on any atom is -0.388 e. The SMILES string of the molecule is CC(C)C(=O)Nc1ccc2cnn(CC3(O)CCN(C(=O)Cc4cccnc4)CC3)c2c1. The zero-order valence-corrected chi connectivity index (χ0v) is 18.5. The van der Waals surface area contributed by atoms with Crippen molar-refractivity contribution < 1.29 is 14.7 Å². The van der Waals surface area contributed by atoms with E-state index in [1.165, 1.54) is 0 Å². The van der Waals surface area contributed by atoms with Crippen molar-refractivity contribution in [3.05, 3.63) is 54.5 Å². The molecule has 0 atom stereocenters. The van der Waals surface area contributed by atoms with E-state index in [0.29, 0.717) is 44.6 Å². The van der Waals surface area contributed by atoms with Crippen LogP contribution in [-0.2, 0) is 22.6 Å². The van der Waals surface area contributed by atoms with Crippen LogP contribution in [0.4, 0.5) is 5.69 Å². The molecule has 0 bridgehead atoms. The maximum Gasteiger partial charge on any atom is 0.227 e. The van der Waals surface area contributed by atoms with E-state index in [9.17, 15) is 14.7 Å². The van der Waals surface area contributed by atoms with E-state index in [2.05, 4.69) is 15.4 Å². The van der Waals surface area contributed by atoms with Crippen molar-refractivity contribution in [2.45, 2.75) is 45.3 Å². The number of piperidine rings is 1. The van der Waals surface area contributed by atoms with E-state index in [4.69, 9.17) is 0 Å². The monoisotopic (exact) mass is 435 g/mol. The van der Waals surface area contributed by atoms with Crippen molar-refractivity contribution in [1.82, 2.24) is 19.7 Å². The fraction of sp³-hybridized carbons (Fsp3) is 0.417. The number of carbonyl (C=O) groups excluding carboxylic acids is 2. The minimum absolute atomic E-state index is 0.0441. The average molecular weight is 436 g/mol. The molecule has 2 N–H and O–H groups in total. The highest BCUT2D eigenvalue weighted by atomic mass is 16.3. The van der Waals surface area contributed by atoms with Crippen LogP contribution >= 0.6 is 0 Å². The minimum atomic E-state index is -0.943. The van der Waals surface area contributed by atoms with Gasteiger partial charge < -0.3 is 15.3 Å². The molecule has 1 saturated heterocycles. The van der Waals surface area contributed by atoms with Crippen LogP contribution in [0, 0.1) is 5.92 Å². The summed E-state index contributed by atoms with van der Waals surface area (Å²) in [6.45, 7) is 5.04. The number of hydrogen-bond donors (Lipinski definition) is 2. The number of rotatable bonds is 6. The molecule has 32 heavy (non-hydrogen) atoms. The fourth-order valence-electron chi connectivity index (χ4n) is 3.96. The quantitative estimate of drug-likeness (QED) is 0.620. The molecule has 1 aliphatic rings. The maximum atomic E-state index is 12.6. The van der Waals surface area contributed by atoms with Crippen molar-refractivity contribution >= 4 is 28.4 Å². The standard InChI is InChI=1S/C24H29N5O3/c1-17(2)23(31)27-20-6-5-19-15-26-29(21(19)13-20)16-24(32)7-10-28(11-8-24)22(30)12-18-4-3-9-25-14-18/h3-6,9,13-15,17,32H,7-8,10-12,16H2,1-2H3,(H,27,31). The van der Waals surface area contributed by atoms with E-state index >= 15 is 0 Å². The van der Waals surface area contributed by atoms with E-state index in [1.807, 2.05) is 49.1 Å². The van der Waals surface area contributed by atoms with Gasteiger partial charge in [-0.05, 0) is 42.7 Å². The zero-order chi connectivity index (χ0) is 22.7. The Balaban J connectivity index is 1.41. The van der Waals surface area contributed by atoms with Gasteiger partial charge in [-0.15, -0.1) is 0 Å². The Morgan fingerprint density at radius 2 is 1.97 bits per heavy atom. The number of anilines is 1. The molecule has 8 heteroatoms. The number of likely N-dealkylation sites (tertiary alicyclic amines) is 1. The second kappa shape index (κ2) is 9.08. The average Bonchev–Trinajstić information content (AvgIpc) is 3.16. The van der Waals surface area contributed by atoms with Gasteiger partial charge in [-0.2, -0.15) is 5.10 Å². The van der Waals surface area contributed by atoms with Gasteiger partial charge in [-0.25, -0.2) is 0 Å². The third-order valence-electron chi connectivity index (χ3n) is 6.01. The van der Waals surface area contributed by atoms with E-state index in [0.717, 1.165) is 16.5 Å². The topological polar surface area (TPSA) is 100 Å². The number of nitrogens with zero attached hydrogens (tertiary/aromatic N) is 4. The van der Waals surface area contributed by atoms with Crippen LogP contribution in [0.25, 0.3) is 10.9 Å². The number of nitrogens with one attached hydrogen (secondary N) is 1. The predicted octanol–water partition coefficient (Wildman–Crippen LogP) is 2.62. The molecule has 0 spiro atoms. The normalized spacial score (nSPS) is 15.8. The summed E-state index contributed by atoms with van der Waals surface area (Å²) >= 11 is 0. The molecule has 2 aromatic heterocycles. The second-order valence-corrected chi connectivity index (χ2v) is 8.86. The smallest absolute Gasteiger partial charge is 0.227 e. The van der Waals surface area contributed by atoms with Crippen LogP contribution in [0.15, 0.2) is 48.9 Å². The van der Waals surface area contributed by atoms with E-state index in [1.54, 1.807) is 23.3 Å². The summed E-state index contributed by atoms with van der Waals surface area (Å²) in [6, 6.07) is 9.38. The summed E-state index contributed by atoms with van der Waals surface area (Å²) in [7, 11) is 0. The Morgan fingerprint density at radius 3 is 2.66 bits per heavy atom. The Labute approximate surface area is 187 Å². The lowest BCUT2D eigenvalue weighted by atomic mass is 9.91. The summed E-state index contributed by atoms with van der Waals surface area (Å²) in [4.78, 5) is 30.5. The number of carbonyl (C=O) groups is 2. The molecule has 4 rings (SSSR count). The fourth-order valence-corrected chi connectivity index (χ4v) is 3.96. The van der Waals surface area contributed by atoms with E-state index < -0.39 is 5.60 Å². The van der Waals surface area contributed by atoms with Crippen LogP contribution in [0.5, 0.6) is 0 Å². The molecule has 0 aliphatic carbocycles. The first-order chi connectivity index (χ1) is 15.3. The highest BCUT2D eigenvalue weighted by Gasteiger charge is 2.35. The maximum absolute atomic E-state index is 12.6. The summed E-state index contributed by atoms with van der Waals surface area (Å²) < 4.78 is 1.79. The molecule has 0 saturated carbocycles. The van der Waals surface area contributed by atoms with Crippen molar-refractivity contribution in [3.63, 3.8) is 0 Å². The molecule has 3 heterocycles. The number of aliphatic hydroxyl groups is 1. The second-order valence-electron chi connectivity index (χ2n) is 8.86. The lowest BCUT2D eigenvalue weighted by Crippen LogP contribution is -2.49. The van der Waals surface area contributed by atoms with Crippen LogP contribution in [-0.4, -0.2) is 55.3 Å². The predicted molar refractivity (Wildman–Crippen MR) is 122 cm³/mol. The summed E-state index contributed by atoms with van der Waals surface area (Å²) in [5, 5.41) is 19.5. The summed E-state index contributed by atoms with van der Waals surface area (Å²) in [6.07, 6.45) is 6.45. The highest BCUT2D eigenvalue weighted by molar-refractivity contribution is 5.94. The molecular weight excluding hydrogens is 406 g/mol. The van der Waals surface area contributed by atoms with Gasteiger partial charge in [0.25, 0.3) is 0 Å². The van der Waals surface area contributed by atoms with Gasteiger partial charge in [-0.1, -0.05) is 19.9 Å². The molecule has 1 fully saturated rings. The Bertz CT molecular complexity index is 1100. The Hall–Kier alpha value is -3.26. The molecular formula is C24H29N5O3. The van der Waals surface area contributed by atoms with Gasteiger partial charge in [-0.3, -0.25) is 19.3 Å². The number of fused-ring (bicyclic) bond motifs is 1. The zero-order valence-electron chi connectivity index (χ0n) is 18.5. The molecule has 2 amide bonds. The van der Waals surface area contributed by atoms with Crippen molar-refractivity contribution in [2.75, 3.05) is 18.4 Å². The van der Waals surface area contributed by atoms with Crippen LogP contribution in [0.3, 0.4) is 0 Å². The van der Waals surface area contributed by atoms with Gasteiger partial charge in [0, 0.05) is 42.5 Å². The van der Waals surface area contributed by atoms with Crippen LogP contribution < -0.4 is 5.32 Å². The first-order valence-corrected chi connectivity index (χ1v) is 11.0. The van der Waals surface area contributed by atoms with Crippen LogP contribution in [0.1, 0.15) is 32.3 Å². The first-order valence-electron chi connectivity index (χ1n) is 11.0. The molecule has 0 unspecified atom stereocenters. The largest absolute Gasteiger partial charge is 0.388 e. The Morgan fingerprint density at radius 1 is 1.19 bits per heavy atom. The van der Waals surface area contributed by atoms with Crippen LogP contribution in [0.2, 0.25) is 0 Å². The third-order valence-corrected chi connectivity index (χ3v) is 6.01. The number of amides is 2. The van der Waals surface area contributed by atoms with Crippen molar-refractivity contribution in [2.24, 2.45) is 5.92 Å². The number of pyridine rings is 1. The molecule has 168 valence electrons. The molecule has 0 radical (unpaired) electrons. The molecule has 1 aromatic carbocycles. The van der Waals surface area contributed by atoms with Gasteiger partial charge in [0.2, 0.25) is 11.8 Å². The van der Waals surface area contributed by atoms with Gasteiger partial charge >= 0.3 is 0 Å². The number of aromatic nitrogens is 3. The lowest BCUT2D eigenvalue weighted by molar-refractivity contribution is -0.135. The molecule has 1 aliphatic heterocycles. The Kier molecular flexibility index (Phi) is 6.23. The van der Waals surface area contributed by atoms with Gasteiger partial charge in [0.1, 0.15) is 0 Å².